The molecule has 4 aliphatic carbocycles. The number of rotatable bonds is 16. The lowest BCUT2D eigenvalue weighted by Gasteiger charge is -2.12. The second-order valence-electron chi connectivity index (χ2n) is 28.4. The highest BCUT2D eigenvalue weighted by Crippen LogP contribution is 2.47. The first-order valence-corrected chi connectivity index (χ1v) is 32.5. The Morgan fingerprint density at radius 3 is 0.718 bits per heavy atom. The van der Waals surface area contributed by atoms with Crippen molar-refractivity contribution in [1.29, 1.82) is 0 Å². The Labute approximate surface area is 461 Å². The van der Waals surface area contributed by atoms with Gasteiger partial charge in [-0.3, -0.25) is 0 Å². The summed E-state index contributed by atoms with van der Waals surface area (Å²) in [5, 5.41) is 0. The molecule has 0 unspecified atom stereocenters. The van der Waals surface area contributed by atoms with E-state index in [0.29, 0.717) is 10.8 Å². The van der Waals surface area contributed by atoms with Crippen molar-refractivity contribution >= 4 is 0 Å². The van der Waals surface area contributed by atoms with Crippen LogP contribution < -0.4 is 0 Å². The van der Waals surface area contributed by atoms with Crippen molar-refractivity contribution in [3.63, 3.8) is 0 Å². The molecule has 0 spiro atoms. The molecule has 0 saturated heterocycles. The predicted octanol–water partition coefficient (Wildman–Crippen LogP) is 27.8. The lowest BCUT2D eigenvalue weighted by atomic mass is 9.94. The first-order valence-electron chi connectivity index (χ1n) is 32.5. The van der Waals surface area contributed by atoms with E-state index < -0.39 is 0 Å². The van der Waals surface area contributed by atoms with Gasteiger partial charge in [-0.2, -0.15) is 0 Å². The molecule has 0 atom stereocenters. The number of hydrogen-bond acceptors (Lipinski definition) is 0. The molecule has 0 heterocycles. The lowest BCUT2D eigenvalue weighted by molar-refractivity contribution is 0.397. The van der Waals surface area contributed by atoms with Crippen molar-refractivity contribution in [1.82, 2.24) is 0 Å². The fourth-order valence-corrected chi connectivity index (χ4v) is 4.63. The van der Waals surface area contributed by atoms with Crippen molar-refractivity contribution in [2.24, 2.45) is 74.9 Å². The second kappa shape index (κ2) is 57.7. The van der Waals surface area contributed by atoms with Gasteiger partial charge in [0.05, 0.1) is 0 Å². The van der Waals surface area contributed by atoms with Crippen LogP contribution in [0.3, 0.4) is 0 Å². The van der Waals surface area contributed by atoms with Crippen LogP contribution in [0.2, 0.25) is 0 Å². The Bertz CT molecular complexity index is 824. The molecule has 0 heteroatoms. The minimum absolute atomic E-state index is 0.542. The summed E-state index contributed by atoms with van der Waals surface area (Å²) in [6, 6.07) is 0. The summed E-state index contributed by atoms with van der Waals surface area (Å²) in [5.74, 6) is 8.58. The zero-order valence-electron chi connectivity index (χ0n) is 57.9. The summed E-state index contributed by atoms with van der Waals surface area (Å²) in [7, 11) is 0. The molecular formula is C71H158. The maximum Gasteiger partial charge on any atom is -0.0328 e. The zero-order chi connectivity index (χ0) is 57.9. The van der Waals surface area contributed by atoms with E-state index in [4.69, 9.17) is 0 Å². The fraction of sp³-hybridized carbons (Fsp3) is 1.00. The van der Waals surface area contributed by atoms with E-state index in [2.05, 4.69) is 228 Å². The van der Waals surface area contributed by atoms with Gasteiger partial charge in [-0.15, -0.1) is 0 Å². The van der Waals surface area contributed by atoms with E-state index in [0.717, 1.165) is 64.1 Å². The largest absolute Gasteiger partial charge is 0.0654 e. The average Bonchev–Trinajstić information content (AvgIpc) is 4.06. The Hall–Kier alpha value is 0. The average molecular weight is 1010 g/mol. The van der Waals surface area contributed by atoms with Crippen molar-refractivity contribution in [3.05, 3.63) is 0 Å². The normalized spacial score (nSPS) is 15.2. The van der Waals surface area contributed by atoms with Crippen molar-refractivity contribution < 1.29 is 0 Å². The SMILES string of the molecule is CC(C)C(C)C.CC(C)C1CC1.CC1(C)CC1.CCC(C)(C)C.CCC(C)(C)C.CCC(C)CC.CCC(C)CC.CCC1(C)CC1.CCCC(C)C.CCCC(C)C.CCCC1CC1.CCCCCC. The van der Waals surface area contributed by atoms with Crippen LogP contribution in [0.1, 0.15) is 389 Å². The molecule has 0 bridgehead atoms. The highest BCUT2D eigenvalue weighted by molar-refractivity contribution is 4.86. The van der Waals surface area contributed by atoms with E-state index in [9.17, 15) is 0 Å². The maximum absolute atomic E-state index is 2.35. The highest BCUT2D eigenvalue weighted by atomic mass is 14.4. The van der Waals surface area contributed by atoms with Crippen LogP contribution in [-0.2, 0) is 0 Å². The summed E-state index contributed by atoms with van der Waals surface area (Å²) in [6.45, 7) is 74.3. The van der Waals surface area contributed by atoms with Crippen molar-refractivity contribution in [3.8, 4) is 0 Å². The highest BCUT2D eigenvalue weighted by Gasteiger charge is 2.34. The molecule has 4 fully saturated rings. The molecule has 0 aromatic rings. The van der Waals surface area contributed by atoms with E-state index >= 15 is 0 Å². The Morgan fingerprint density at radius 1 is 0.408 bits per heavy atom. The second-order valence-corrected chi connectivity index (χ2v) is 28.4. The van der Waals surface area contributed by atoms with Gasteiger partial charge in [0.2, 0.25) is 0 Å². The van der Waals surface area contributed by atoms with Crippen LogP contribution >= 0.6 is 0 Å². The van der Waals surface area contributed by atoms with E-state index in [-0.39, 0.29) is 0 Å². The van der Waals surface area contributed by atoms with Crippen LogP contribution in [0, 0.1) is 74.9 Å². The Balaban J connectivity index is -0.000000102. The minimum Gasteiger partial charge on any atom is -0.0654 e. The minimum atomic E-state index is 0.542. The molecule has 0 nitrogen and oxygen atoms in total. The molecule has 0 amide bonds. The Morgan fingerprint density at radius 2 is 0.690 bits per heavy atom. The molecular weight excluding hydrogens is 853 g/mol. The zero-order valence-corrected chi connectivity index (χ0v) is 57.9. The molecule has 0 radical (unpaired) electrons. The number of hydrogen-bond donors (Lipinski definition) is 0. The molecule has 0 aliphatic heterocycles. The van der Waals surface area contributed by atoms with Gasteiger partial charge < -0.3 is 0 Å². The smallest absolute Gasteiger partial charge is 0.0328 e. The van der Waals surface area contributed by atoms with Crippen molar-refractivity contribution in [2.75, 3.05) is 0 Å². The summed E-state index contributed by atoms with van der Waals surface area (Å²) in [5.41, 5.74) is 2.62. The van der Waals surface area contributed by atoms with E-state index in [1.165, 1.54) is 161 Å². The van der Waals surface area contributed by atoms with Gasteiger partial charge in [-0.25, -0.2) is 0 Å². The van der Waals surface area contributed by atoms with E-state index in [1.54, 1.807) is 0 Å². The topological polar surface area (TPSA) is 0 Å². The Kier molecular flexibility index (Phi) is 71.2. The van der Waals surface area contributed by atoms with Gasteiger partial charge in [0, 0.05) is 0 Å². The lowest BCUT2D eigenvalue weighted by Crippen LogP contribution is -2.00. The standard InChI is InChI=1S/3C6H12.8C6H14.C5H10/c1-5(2)6-3-4-6;1-3-6(2)4-5-6;1-2-3-6-4-5-6;2*1-5-6(2,3)4;1-5(2)6(3)4;2*1-4-5-6(2)3;2*1-4-6(3)5-2;1-3-5-6-4-2;1-5(2)3-4-5/h5-6H,3-4H2,1-2H3;3-5H2,1-2H3;6H,2-5H2,1H3;2*5H2,1-4H3;5-6H,1-4H3;4*6H,4-5H2,1-3H3;3-6H2,1-2H3;3-4H2,1-2H3. The fourth-order valence-electron chi connectivity index (χ4n) is 4.63. The molecule has 0 N–H and O–H groups in total. The molecule has 71 heavy (non-hydrogen) atoms. The van der Waals surface area contributed by atoms with Crippen LogP contribution in [0.4, 0.5) is 0 Å². The third kappa shape index (κ3) is 115. The van der Waals surface area contributed by atoms with Crippen LogP contribution in [-0.4, -0.2) is 0 Å². The first-order chi connectivity index (χ1) is 32.5. The third-order valence-electron chi connectivity index (χ3n) is 15.1. The molecule has 442 valence electrons. The van der Waals surface area contributed by atoms with Gasteiger partial charge in [0.1, 0.15) is 0 Å². The molecule has 4 saturated carbocycles. The van der Waals surface area contributed by atoms with Gasteiger partial charge in [0.25, 0.3) is 0 Å². The third-order valence-corrected chi connectivity index (χ3v) is 15.1. The monoisotopic (exact) mass is 1010 g/mol. The summed E-state index contributed by atoms with van der Waals surface area (Å²) in [6.07, 6.45) is 35.0. The molecule has 4 rings (SSSR count). The van der Waals surface area contributed by atoms with Gasteiger partial charge in [-0.05, 0) is 113 Å². The molecule has 0 aromatic carbocycles. The van der Waals surface area contributed by atoms with Crippen LogP contribution in [0.25, 0.3) is 0 Å². The predicted molar refractivity (Wildman–Crippen MR) is 344 cm³/mol. The summed E-state index contributed by atoms with van der Waals surface area (Å²) >= 11 is 0. The summed E-state index contributed by atoms with van der Waals surface area (Å²) in [4.78, 5) is 0. The van der Waals surface area contributed by atoms with E-state index in [1.807, 2.05) is 0 Å². The van der Waals surface area contributed by atoms with Crippen molar-refractivity contribution in [2.45, 2.75) is 389 Å². The molecule has 4 aliphatic rings. The van der Waals surface area contributed by atoms with Crippen LogP contribution in [0.5, 0.6) is 0 Å². The maximum atomic E-state index is 2.35. The number of unbranched alkanes of at least 4 members (excludes halogenated alkanes) is 3. The first kappa shape index (κ1) is 87.7. The summed E-state index contributed by atoms with van der Waals surface area (Å²) < 4.78 is 0. The van der Waals surface area contributed by atoms with Gasteiger partial charge >= 0.3 is 0 Å². The molecule has 0 aromatic heterocycles. The van der Waals surface area contributed by atoms with Gasteiger partial charge in [0.15, 0.2) is 0 Å². The van der Waals surface area contributed by atoms with Gasteiger partial charge in [-0.1, -0.05) is 350 Å². The van der Waals surface area contributed by atoms with Crippen LogP contribution in [0.15, 0.2) is 0 Å². The quantitative estimate of drug-likeness (QED) is 0.135.